The number of halogens is 3. The lowest BCUT2D eigenvalue weighted by Crippen LogP contribution is -2.43. The third-order valence-electron chi connectivity index (χ3n) is 3.31. The summed E-state index contributed by atoms with van der Waals surface area (Å²) in [5.41, 5.74) is 1.05. The number of carboxylic acid groups (broad SMARTS) is 1. The fourth-order valence-corrected chi connectivity index (χ4v) is 2.79. The van der Waals surface area contributed by atoms with Crippen LogP contribution in [0.25, 0.3) is 0 Å². The van der Waals surface area contributed by atoms with Gasteiger partial charge in [0.1, 0.15) is 6.04 Å². The van der Waals surface area contributed by atoms with E-state index in [1.807, 2.05) is 12.1 Å². The van der Waals surface area contributed by atoms with Crippen LogP contribution in [-0.4, -0.2) is 23.0 Å². The Morgan fingerprint density at radius 1 is 1.08 bits per heavy atom. The van der Waals surface area contributed by atoms with Crippen molar-refractivity contribution < 1.29 is 23.5 Å². The molecule has 2 aromatic carbocycles. The SMILES string of the molecule is O=C(Cc1ccc(F)c(F)c1)N[C@H](Cc1cccc(I)c1)C(=O)O. The first-order chi connectivity index (χ1) is 11.3. The van der Waals surface area contributed by atoms with Crippen molar-refractivity contribution in [3.63, 3.8) is 0 Å². The molecule has 0 saturated carbocycles. The summed E-state index contributed by atoms with van der Waals surface area (Å²) in [7, 11) is 0. The number of aliphatic carboxylic acids is 1. The van der Waals surface area contributed by atoms with Crippen LogP contribution in [0.15, 0.2) is 42.5 Å². The highest BCUT2D eigenvalue weighted by Gasteiger charge is 2.20. The zero-order valence-corrected chi connectivity index (χ0v) is 14.6. The van der Waals surface area contributed by atoms with Crippen LogP contribution in [0.3, 0.4) is 0 Å². The highest BCUT2D eigenvalue weighted by Crippen LogP contribution is 2.11. The van der Waals surface area contributed by atoms with Crippen molar-refractivity contribution in [3.8, 4) is 0 Å². The number of carboxylic acids is 1. The summed E-state index contributed by atoms with van der Waals surface area (Å²) in [6, 6.07) is 9.33. The first kappa shape index (κ1) is 18.3. The van der Waals surface area contributed by atoms with Gasteiger partial charge in [-0.2, -0.15) is 0 Å². The van der Waals surface area contributed by atoms with Gasteiger partial charge in [0.25, 0.3) is 0 Å². The van der Waals surface area contributed by atoms with Crippen LogP contribution in [0.2, 0.25) is 0 Å². The van der Waals surface area contributed by atoms with Gasteiger partial charge in [-0.25, -0.2) is 13.6 Å². The van der Waals surface area contributed by atoms with E-state index in [9.17, 15) is 23.5 Å². The minimum Gasteiger partial charge on any atom is -0.480 e. The largest absolute Gasteiger partial charge is 0.480 e. The molecule has 0 unspecified atom stereocenters. The van der Waals surface area contributed by atoms with Gasteiger partial charge in [-0.1, -0.05) is 18.2 Å². The van der Waals surface area contributed by atoms with Crippen LogP contribution in [0, 0.1) is 15.2 Å². The quantitative estimate of drug-likeness (QED) is 0.673. The van der Waals surface area contributed by atoms with Gasteiger partial charge in [-0.05, 0) is 58.0 Å². The number of carbonyl (C=O) groups is 2. The molecule has 1 amide bonds. The molecule has 0 heterocycles. The van der Waals surface area contributed by atoms with E-state index >= 15 is 0 Å². The molecule has 0 aliphatic rings. The van der Waals surface area contributed by atoms with Crippen molar-refractivity contribution in [1.82, 2.24) is 5.32 Å². The number of amides is 1. The molecule has 2 aromatic rings. The Kier molecular flexibility index (Phi) is 6.24. The van der Waals surface area contributed by atoms with E-state index in [1.165, 1.54) is 6.07 Å². The standard InChI is InChI=1S/C17H14F2INO3/c18-13-5-4-11(7-14(13)19)9-16(22)21-15(17(23)24)8-10-2-1-3-12(20)6-10/h1-7,15H,8-9H2,(H,21,22)(H,23,24)/t15-/m1/s1. The Bertz CT molecular complexity index is 767. The van der Waals surface area contributed by atoms with Gasteiger partial charge >= 0.3 is 5.97 Å². The molecule has 24 heavy (non-hydrogen) atoms. The van der Waals surface area contributed by atoms with Gasteiger partial charge in [0.05, 0.1) is 6.42 Å². The smallest absolute Gasteiger partial charge is 0.326 e. The topological polar surface area (TPSA) is 66.4 Å². The zero-order chi connectivity index (χ0) is 17.7. The molecule has 1 atom stereocenters. The monoisotopic (exact) mass is 445 g/mol. The molecule has 0 bridgehead atoms. The first-order valence-corrected chi connectivity index (χ1v) is 8.13. The third kappa shape index (κ3) is 5.26. The van der Waals surface area contributed by atoms with Crippen LogP contribution in [-0.2, 0) is 22.4 Å². The van der Waals surface area contributed by atoms with E-state index in [0.717, 1.165) is 21.3 Å². The molecular weight excluding hydrogens is 431 g/mol. The van der Waals surface area contributed by atoms with Crippen molar-refractivity contribution in [2.45, 2.75) is 18.9 Å². The van der Waals surface area contributed by atoms with Crippen LogP contribution in [0.1, 0.15) is 11.1 Å². The second-order valence-electron chi connectivity index (χ2n) is 5.22. The van der Waals surface area contributed by atoms with Crippen molar-refractivity contribution in [2.75, 3.05) is 0 Å². The minimum atomic E-state index is -1.16. The summed E-state index contributed by atoms with van der Waals surface area (Å²) in [5.74, 6) is -3.78. The van der Waals surface area contributed by atoms with E-state index in [4.69, 9.17) is 0 Å². The average Bonchev–Trinajstić information content (AvgIpc) is 2.50. The number of benzene rings is 2. The van der Waals surface area contributed by atoms with Gasteiger partial charge in [0, 0.05) is 9.99 Å². The highest BCUT2D eigenvalue weighted by atomic mass is 127. The Hall–Kier alpha value is -2.03. The summed E-state index contributed by atoms with van der Waals surface area (Å²) in [5, 5.41) is 11.7. The van der Waals surface area contributed by atoms with E-state index in [-0.39, 0.29) is 18.4 Å². The fraction of sp³-hybridized carbons (Fsp3) is 0.176. The Morgan fingerprint density at radius 2 is 1.83 bits per heavy atom. The molecule has 0 saturated heterocycles. The second kappa shape index (κ2) is 8.18. The maximum Gasteiger partial charge on any atom is 0.326 e. The van der Waals surface area contributed by atoms with Crippen molar-refractivity contribution in [1.29, 1.82) is 0 Å². The minimum absolute atomic E-state index is 0.135. The molecular formula is C17H14F2INO3. The van der Waals surface area contributed by atoms with Crippen LogP contribution in [0.4, 0.5) is 8.78 Å². The van der Waals surface area contributed by atoms with E-state index in [0.29, 0.717) is 0 Å². The third-order valence-corrected chi connectivity index (χ3v) is 3.98. The van der Waals surface area contributed by atoms with E-state index < -0.39 is 29.6 Å². The average molecular weight is 445 g/mol. The summed E-state index contributed by atoms with van der Waals surface area (Å²) < 4.78 is 27.0. The van der Waals surface area contributed by atoms with Gasteiger partial charge in [0.15, 0.2) is 11.6 Å². The molecule has 2 rings (SSSR count). The van der Waals surface area contributed by atoms with Gasteiger partial charge in [-0.3, -0.25) is 4.79 Å². The van der Waals surface area contributed by atoms with Crippen molar-refractivity contribution >= 4 is 34.5 Å². The van der Waals surface area contributed by atoms with Crippen molar-refractivity contribution in [3.05, 3.63) is 68.8 Å². The number of nitrogens with one attached hydrogen (secondary N) is 1. The first-order valence-electron chi connectivity index (χ1n) is 7.05. The molecule has 0 spiro atoms. The van der Waals surface area contributed by atoms with Gasteiger partial charge in [-0.15, -0.1) is 0 Å². The summed E-state index contributed by atoms with van der Waals surface area (Å²) >= 11 is 2.11. The number of rotatable bonds is 6. The molecule has 0 fully saturated rings. The summed E-state index contributed by atoms with van der Waals surface area (Å²) in [4.78, 5) is 23.3. The lowest BCUT2D eigenvalue weighted by Gasteiger charge is -2.15. The molecule has 0 radical (unpaired) electrons. The predicted octanol–water partition coefficient (Wildman–Crippen LogP) is 2.92. The molecule has 0 aromatic heterocycles. The lowest BCUT2D eigenvalue weighted by atomic mass is 10.1. The molecule has 2 N–H and O–H groups in total. The van der Waals surface area contributed by atoms with Crippen LogP contribution < -0.4 is 5.32 Å². The van der Waals surface area contributed by atoms with Crippen molar-refractivity contribution in [2.24, 2.45) is 0 Å². The second-order valence-corrected chi connectivity index (χ2v) is 6.46. The molecule has 126 valence electrons. The number of hydrogen-bond donors (Lipinski definition) is 2. The Balaban J connectivity index is 2.02. The van der Waals surface area contributed by atoms with Gasteiger partial charge in [0.2, 0.25) is 5.91 Å². The number of hydrogen-bond acceptors (Lipinski definition) is 2. The number of carbonyl (C=O) groups excluding carboxylic acids is 1. The predicted molar refractivity (Wildman–Crippen MR) is 92.5 cm³/mol. The molecule has 4 nitrogen and oxygen atoms in total. The highest BCUT2D eigenvalue weighted by molar-refractivity contribution is 14.1. The van der Waals surface area contributed by atoms with Crippen LogP contribution >= 0.6 is 22.6 Å². The summed E-state index contributed by atoms with van der Waals surface area (Å²) in [6.45, 7) is 0. The lowest BCUT2D eigenvalue weighted by molar-refractivity contribution is -0.141. The molecule has 0 aliphatic carbocycles. The Labute approximate surface area is 151 Å². The van der Waals surface area contributed by atoms with Crippen LogP contribution in [0.5, 0.6) is 0 Å². The maximum absolute atomic E-state index is 13.1. The fourth-order valence-electron chi connectivity index (χ4n) is 2.18. The van der Waals surface area contributed by atoms with E-state index in [1.54, 1.807) is 12.1 Å². The molecule has 7 heteroatoms. The normalized spacial score (nSPS) is 11.8. The maximum atomic E-state index is 13.1. The molecule has 0 aliphatic heterocycles. The zero-order valence-electron chi connectivity index (χ0n) is 12.4. The Morgan fingerprint density at radius 3 is 2.46 bits per heavy atom. The van der Waals surface area contributed by atoms with E-state index in [2.05, 4.69) is 27.9 Å². The summed E-state index contributed by atoms with van der Waals surface area (Å²) in [6.07, 6.45) is -0.0942. The van der Waals surface area contributed by atoms with Gasteiger partial charge < -0.3 is 10.4 Å².